The van der Waals surface area contributed by atoms with Crippen LogP contribution in [0.2, 0.25) is 0 Å². The van der Waals surface area contributed by atoms with Crippen LogP contribution in [0.25, 0.3) is 16.0 Å². The number of fused-ring (bicyclic) bond motifs is 2. The average molecular weight is 505 g/mol. The van der Waals surface area contributed by atoms with E-state index in [-0.39, 0.29) is 30.1 Å². The summed E-state index contributed by atoms with van der Waals surface area (Å²) in [6.45, 7) is 10.3. The Hall–Kier alpha value is -3.29. The Labute approximate surface area is 214 Å². The average Bonchev–Trinajstić information content (AvgIpc) is 3.47. The number of piperazine rings is 1. The van der Waals surface area contributed by atoms with E-state index in [9.17, 15) is 10.1 Å². The number of aryl methyl sites for hydroxylation is 2. The molecule has 4 aromatic heterocycles. The van der Waals surface area contributed by atoms with Gasteiger partial charge in [0.1, 0.15) is 21.8 Å². The molecule has 0 aromatic carbocycles. The van der Waals surface area contributed by atoms with E-state index in [2.05, 4.69) is 53.8 Å². The maximum Gasteiger partial charge on any atom is 0.255 e. The third-order valence-corrected chi connectivity index (χ3v) is 8.31. The predicted octanol–water partition coefficient (Wildman–Crippen LogP) is 3.85. The molecule has 1 unspecified atom stereocenters. The van der Waals surface area contributed by atoms with Crippen molar-refractivity contribution in [1.29, 1.82) is 5.26 Å². The zero-order valence-corrected chi connectivity index (χ0v) is 22.3. The molecule has 188 valence electrons. The highest BCUT2D eigenvalue weighted by atomic mass is 32.1. The Morgan fingerprint density at radius 3 is 2.67 bits per heavy atom. The van der Waals surface area contributed by atoms with Crippen LogP contribution in [0.15, 0.2) is 29.1 Å². The molecule has 1 fully saturated rings. The lowest BCUT2D eigenvalue weighted by Crippen LogP contribution is -2.59. The van der Waals surface area contributed by atoms with Gasteiger partial charge in [0, 0.05) is 50.4 Å². The highest BCUT2D eigenvalue weighted by molar-refractivity contribution is 7.18. The Morgan fingerprint density at radius 2 is 1.94 bits per heavy atom. The van der Waals surface area contributed by atoms with E-state index in [1.54, 1.807) is 29.0 Å². The summed E-state index contributed by atoms with van der Waals surface area (Å²) in [6, 6.07) is 10.5. The minimum atomic E-state index is -0.0723. The van der Waals surface area contributed by atoms with Gasteiger partial charge in [-0.1, -0.05) is 25.2 Å². The zero-order valence-electron chi connectivity index (χ0n) is 21.5. The van der Waals surface area contributed by atoms with Crippen molar-refractivity contribution in [3.63, 3.8) is 0 Å². The zero-order chi connectivity index (χ0) is 25.6. The van der Waals surface area contributed by atoms with E-state index in [0.717, 1.165) is 52.8 Å². The van der Waals surface area contributed by atoms with Crippen molar-refractivity contribution in [2.75, 3.05) is 18.0 Å². The fourth-order valence-electron chi connectivity index (χ4n) is 5.36. The largest absolute Gasteiger partial charge is 0.351 e. The van der Waals surface area contributed by atoms with Crippen molar-refractivity contribution in [2.45, 2.75) is 65.1 Å². The SMILES string of the molecule is CC[C@H]1CN(C(C)c2ccc3nc(C)sc3n2)[C@H](CC)CN1c1cc(=O)n(C)c2cc(CC#N)nn12. The minimum Gasteiger partial charge on any atom is -0.351 e. The number of nitrogens with zero attached hydrogens (tertiary/aromatic N) is 8. The van der Waals surface area contributed by atoms with Gasteiger partial charge in [-0.25, -0.2) is 14.5 Å². The highest BCUT2D eigenvalue weighted by Crippen LogP contribution is 2.32. The number of nitriles is 1. The number of hydrogen-bond donors (Lipinski definition) is 0. The van der Waals surface area contributed by atoms with E-state index in [4.69, 9.17) is 10.1 Å². The van der Waals surface area contributed by atoms with E-state index in [0.29, 0.717) is 11.3 Å². The van der Waals surface area contributed by atoms with Crippen LogP contribution in [0.1, 0.15) is 56.1 Å². The van der Waals surface area contributed by atoms with Gasteiger partial charge in [0.15, 0.2) is 0 Å². The molecule has 5 rings (SSSR count). The van der Waals surface area contributed by atoms with Gasteiger partial charge in [-0.3, -0.25) is 14.3 Å². The Morgan fingerprint density at radius 1 is 1.17 bits per heavy atom. The first-order valence-electron chi connectivity index (χ1n) is 12.6. The molecule has 4 aromatic rings. The van der Waals surface area contributed by atoms with Crippen LogP contribution in [0.5, 0.6) is 0 Å². The van der Waals surface area contributed by atoms with Gasteiger partial charge >= 0.3 is 0 Å². The maximum atomic E-state index is 12.9. The molecular weight excluding hydrogens is 472 g/mol. The summed E-state index contributed by atoms with van der Waals surface area (Å²) >= 11 is 1.64. The lowest BCUT2D eigenvalue weighted by molar-refractivity contribution is 0.0986. The molecule has 5 heterocycles. The smallest absolute Gasteiger partial charge is 0.255 e. The van der Waals surface area contributed by atoms with Crippen molar-refractivity contribution >= 4 is 33.1 Å². The third-order valence-electron chi connectivity index (χ3n) is 7.43. The fraction of sp³-hybridized carbons (Fsp3) is 0.500. The van der Waals surface area contributed by atoms with Crippen LogP contribution in [0.4, 0.5) is 5.82 Å². The summed E-state index contributed by atoms with van der Waals surface area (Å²) in [7, 11) is 1.75. The molecule has 0 N–H and O–H groups in total. The molecule has 1 saturated heterocycles. The van der Waals surface area contributed by atoms with Crippen molar-refractivity contribution in [3.8, 4) is 6.07 Å². The number of hydrogen-bond acceptors (Lipinski definition) is 8. The van der Waals surface area contributed by atoms with Crippen LogP contribution < -0.4 is 10.5 Å². The van der Waals surface area contributed by atoms with Gasteiger partial charge < -0.3 is 4.90 Å². The van der Waals surface area contributed by atoms with E-state index in [1.165, 1.54) is 0 Å². The molecular formula is C26H32N8OS. The molecule has 9 nitrogen and oxygen atoms in total. The highest BCUT2D eigenvalue weighted by Gasteiger charge is 2.37. The van der Waals surface area contributed by atoms with Crippen LogP contribution in [-0.4, -0.2) is 54.2 Å². The summed E-state index contributed by atoms with van der Waals surface area (Å²) in [5, 5.41) is 14.9. The van der Waals surface area contributed by atoms with Gasteiger partial charge in [0.25, 0.3) is 5.56 Å². The molecule has 0 amide bonds. The van der Waals surface area contributed by atoms with Crippen molar-refractivity contribution in [2.24, 2.45) is 7.05 Å². The van der Waals surface area contributed by atoms with Crippen molar-refractivity contribution in [1.82, 2.24) is 29.0 Å². The van der Waals surface area contributed by atoms with Crippen LogP contribution in [0.3, 0.4) is 0 Å². The Kier molecular flexibility index (Phi) is 6.53. The molecule has 1 aliphatic rings. The Balaban J connectivity index is 1.50. The summed E-state index contributed by atoms with van der Waals surface area (Å²) in [5.74, 6) is 0.801. The quantitative estimate of drug-likeness (QED) is 0.394. The lowest BCUT2D eigenvalue weighted by atomic mass is 9.99. The molecule has 0 bridgehead atoms. The second kappa shape index (κ2) is 9.64. The predicted molar refractivity (Wildman–Crippen MR) is 143 cm³/mol. The normalized spacial score (nSPS) is 19.7. The van der Waals surface area contributed by atoms with Crippen LogP contribution in [0, 0.1) is 18.3 Å². The second-order valence-corrected chi connectivity index (χ2v) is 10.8. The van der Waals surface area contributed by atoms with Gasteiger partial charge in [-0.15, -0.1) is 0 Å². The number of thiazole rings is 1. The topological polar surface area (TPSA) is 95.4 Å². The second-order valence-electron chi connectivity index (χ2n) is 9.58. The molecule has 1 aliphatic heterocycles. The van der Waals surface area contributed by atoms with Gasteiger partial charge in [0.05, 0.1) is 28.9 Å². The maximum absolute atomic E-state index is 12.9. The van der Waals surface area contributed by atoms with Crippen LogP contribution in [-0.2, 0) is 13.5 Å². The first-order valence-corrected chi connectivity index (χ1v) is 13.4. The van der Waals surface area contributed by atoms with Gasteiger partial charge in [-0.05, 0) is 38.8 Å². The van der Waals surface area contributed by atoms with E-state index >= 15 is 0 Å². The van der Waals surface area contributed by atoms with Crippen molar-refractivity contribution < 1.29 is 0 Å². The first-order chi connectivity index (χ1) is 17.3. The summed E-state index contributed by atoms with van der Waals surface area (Å²) < 4.78 is 3.43. The lowest BCUT2D eigenvalue weighted by Gasteiger charge is -2.49. The van der Waals surface area contributed by atoms with Crippen molar-refractivity contribution in [3.05, 3.63) is 51.0 Å². The molecule has 3 atom stereocenters. The summed E-state index contributed by atoms with van der Waals surface area (Å²) in [5.41, 5.74) is 3.33. The summed E-state index contributed by atoms with van der Waals surface area (Å²) in [6.07, 6.45) is 2.13. The molecule has 0 spiro atoms. The molecule has 36 heavy (non-hydrogen) atoms. The van der Waals surface area contributed by atoms with Crippen LogP contribution >= 0.6 is 11.3 Å². The van der Waals surface area contributed by atoms with Gasteiger partial charge in [-0.2, -0.15) is 10.4 Å². The first kappa shape index (κ1) is 24.4. The fourth-order valence-corrected chi connectivity index (χ4v) is 6.16. The van der Waals surface area contributed by atoms with E-state index in [1.807, 2.05) is 17.5 Å². The third kappa shape index (κ3) is 4.16. The molecule has 0 saturated carbocycles. The molecule has 10 heteroatoms. The van der Waals surface area contributed by atoms with Gasteiger partial charge in [0.2, 0.25) is 0 Å². The number of pyridine rings is 1. The monoisotopic (exact) mass is 504 g/mol. The molecule has 0 aliphatic carbocycles. The summed E-state index contributed by atoms with van der Waals surface area (Å²) in [4.78, 5) is 28.3. The standard InChI is InChI=1S/C26H32N8OS/c1-6-19-15-33(24-13-25(35)31(5)23-12-18(10-11-27)30-34(23)24)20(7-2)14-32(19)16(3)21-8-9-22-26(29-21)36-17(4)28-22/h8-9,12-13,16,19-20H,6-7,10,14-15H2,1-5H3/t16?,19-,20+/m1/s1. The number of anilines is 1. The number of aromatic nitrogens is 5. The van der Waals surface area contributed by atoms with E-state index < -0.39 is 0 Å². The molecule has 0 radical (unpaired) electrons. The minimum absolute atomic E-state index is 0.0723. The number of rotatable bonds is 6. The Bertz CT molecular complexity index is 1510.